The van der Waals surface area contributed by atoms with Crippen LogP contribution in [0.2, 0.25) is 0 Å². The molecule has 0 amide bonds. The number of aliphatic hydroxyl groups is 2. The third-order valence-electron chi connectivity index (χ3n) is 2.23. The van der Waals surface area contributed by atoms with Gasteiger partial charge in [0, 0.05) is 5.92 Å². The van der Waals surface area contributed by atoms with Crippen molar-refractivity contribution in [2.24, 2.45) is 11.8 Å². The smallest absolute Gasteiger partial charge is 0.309 e. The van der Waals surface area contributed by atoms with Crippen molar-refractivity contribution >= 4 is 5.97 Å². The maximum absolute atomic E-state index is 11.4. The van der Waals surface area contributed by atoms with Gasteiger partial charge in [-0.2, -0.15) is 0 Å². The molecule has 2 N–H and O–H groups in total. The van der Waals surface area contributed by atoms with E-state index in [2.05, 4.69) is 0 Å². The molecule has 3 atom stereocenters. The van der Waals surface area contributed by atoms with Gasteiger partial charge < -0.3 is 14.9 Å². The Morgan fingerprint density at radius 1 is 1.57 bits per heavy atom. The molecule has 82 valence electrons. The van der Waals surface area contributed by atoms with Gasteiger partial charge in [-0.1, -0.05) is 0 Å². The maximum Gasteiger partial charge on any atom is 0.309 e. The zero-order valence-electron chi connectivity index (χ0n) is 8.86. The fourth-order valence-corrected chi connectivity index (χ4v) is 1.42. The van der Waals surface area contributed by atoms with Crippen LogP contribution >= 0.6 is 0 Å². The van der Waals surface area contributed by atoms with E-state index in [1.54, 1.807) is 0 Å². The standard InChI is InChI=1S/C10H18O4/c1-10(2,3)14-9(13)7-4-6(7)8(12)5-11/h6-8,11-12H,4-5H2,1-3H3/t6-,7-,8-/m1/s1. The molecule has 0 bridgehead atoms. The van der Waals surface area contributed by atoms with Crippen molar-refractivity contribution < 1.29 is 19.7 Å². The Bertz CT molecular complexity index is 219. The number of carbonyl (C=O) groups excluding carboxylic acids is 1. The summed E-state index contributed by atoms with van der Waals surface area (Å²) in [7, 11) is 0. The molecule has 4 nitrogen and oxygen atoms in total. The largest absolute Gasteiger partial charge is 0.460 e. The topological polar surface area (TPSA) is 66.8 Å². The van der Waals surface area contributed by atoms with Gasteiger partial charge in [-0.25, -0.2) is 0 Å². The van der Waals surface area contributed by atoms with Gasteiger partial charge in [-0.05, 0) is 27.2 Å². The summed E-state index contributed by atoms with van der Waals surface area (Å²) in [6.07, 6.45) is -0.163. The number of rotatable bonds is 3. The zero-order valence-corrected chi connectivity index (χ0v) is 8.86. The summed E-state index contributed by atoms with van der Waals surface area (Å²) in [4.78, 5) is 11.4. The first-order chi connectivity index (χ1) is 6.35. The van der Waals surface area contributed by atoms with E-state index in [1.807, 2.05) is 20.8 Å². The van der Waals surface area contributed by atoms with Crippen LogP contribution in [-0.2, 0) is 9.53 Å². The van der Waals surface area contributed by atoms with E-state index in [9.17, 15) is 9.90 Å². The molecule has 0 unspecified atom stereocenters. The second-order valence-corrected chi connectivity index (χ2v) is 4.79. The van der Waals surface area contributed by atoms with E-state index in [0.29, 0.717) is 6.42 Å². The van der Waals surface area contributed by atoms with E-state index < -0.39 is 11.7 Å². The van der Waals surface area contributed by atoms with Gasteiger partial charge >= 0.3 is 5.97 Å². The lowest BCUT2D eigenvalue weighted by atomic mass is 10.2. The highest BCUT2D eigenvalue weighted by Gasteiger charge is 2.48. The molecule has 1 fully saturated rings. The van der Waals surface area contributed by atoms with Crippen LogP contribution in [0.25, 0.3) is 0 Å². The van der Waals surface area contributed by atoms with Crippen LogP contribution in [-0.4, -0.2) is 34.5 Å². The van der Waals surface area contributed by atoms with Crippen molar-refractivity contribution in [2.45, 2.75) is 38.9 Å². The summed E-state index contributed by atoms with van der Waals surface area (Å²) in [6, 6.07) is 0. The summed E-state index contributed by atoms with van der Waals surface area (Å²) in [5.41, 5.74) is -0.478. The van der Waals surface area contributed by atoms with Crippen LogP contribution in [0.4, 0.5) is 0 Å². The first kappa shape index (κ1) is 11.5. The van der Waals surface area contributed by atoms with Crippen molar-refractivity contribution in [3.05, 3.63) is 0 Å². The van der Waals surface area contributed by atoms with Gasteiger partial charge in [0.15, 0.2) is 0 Å². The van der Waals surface area contributed by atoms with Gasteiger partial charge in [0.1, 0.15) is 5.60 Å². The van der Waals surface area contributed by atoms with Crippen molar-refractivity contribution in [3.8, 4) is 0 Å². The average Bonchev–Trinajstić information content (AvgIpc) is 2.78. The van der Waals surface area contributed by atoms with E-state index in [4.69, 9.17) is 9.84 Å². The highest BCUT2D eigenvalue weighted by atomic mass is 16.6. The predicted octanol–water partition coefficient (Wildman–Crippen LogP) is 0.317. The molecule has 0 aromatic rings. The first-order valence-electron chi connectivity index (χ1n) is 4.87. The Labute approximate surface area is 83.9 Å². The average molecular weight is 202 g/mol. The highest BCUT2D eigenvalue weighted by Crippen LogP contribution is 2.42. The summed E-state index contributed by atoms with van der Waals surface area (Å²) < 4.78 is 5.15. The molecule has 1 aliphatic rings. The maximum atomic E-state index is 11.4. The number of carbonyl (C=O) groups is 1. The van der Waals surface area contributed by atoms with Crippen molar-refractivity contribution in [1.82, 2.24) is 0 Å². The Kier molecular flexibility index (Phi) is 3.17. The number of ether oxygens (including phenoxy) is 1. The molecule has 1 saturated carbocycles. The number of esters is 1. The lowest BCUT2D eigenvalue weighted by Gasteiger charge is -2.19. The van der Waals surface area contributed by atoms with Crippen LogP contribution in [0.3, 0.4) is 0 Å². The Morgan fingerprint density at radius 3 is 2.57 bits per heavy atom. The summed E-state index contributed by atoms with van der Waals surface area (Å²) >= 11 is 0. The summed E-state index contributed by atoms with van der Waals surface area (Å²) in [5.74, 6) is -0.610. The van der Waals surface area contributed by atoms with Gasteiger partial charge in [0.25, 0.3) is 0 Å². The quantitative estimate of drug-likeness (QED) is 0.647. The third kappa shape index (κ3) is 2.96. The second-order valence-electron chi connectivity index (χ2n) is 4.79. The van der Waals surface area contributed by atoms with Gasteiger partial charge in [0.2, 0.25) is 0 Å². The minimum atomic E-state index is -0.785. The van der Waals surface area contributed by atoms with E-state index in [0.717, 1.165) is 0 Å². The number of aliphatic hydroxyl groups excluding tert-OH is 2. The van der Waals surface area contributed by atoms with Crippen molar-refractivity contribution in [1.29, 1.82) is 0 Å². The highest BCUT2D eigenvalue weighted by molar-refractivity contribution is 5.76. The Hall–Kier alpha value is -0.610. The molecule has 1 rings (SSSR count). The van der Waals surface area contributed by atoms with E-state index in [-0.39, 0.29) is 24.4 Å². The second kappa shape index (κ2) is 3.87. The molecule has 14 heavy (non-hydrogen) atoms. The fourth-order valence-electron chi connectivity index (χ4n) is 1.42. The lowest BCUT2D eigenvalue weighted by Crippen LogP contribution is -2.26. The van der Waals surface area contributed by atoms with E-state index >= 15 is 0 Å². The number of hydrogen-bond acceptors (Lipinski definition) is 4. The zero-order chi connectivity index (χ0) is 10.9. The SMILES string of the molecule is CC(C)(C)OC(=O)[C@@H]1C[C@H]1[C@H](O)CO. The van der Waals surface area contributed by atoms with Crippen molar-refractivity contribution in [3.63, 3.8) is 0 Å². The Morgan fingerprint density at radius 2 is 2.14 bits per heavy atom. The summed E-state index contributed by atoms with van der Waals surface area (Å²) in [6.45, 7) is 5.14. The van der Waals surface area contributed by atoms with Crippen LogP contribution in [0, 0.1) is 11.8 Å². The third-order valence-corrected chi connectivity index (χ3v) is 2.23. The predicted molar refractivity (Wildman–Crippen MR) is 50.5 cm³/mol. The van der Waals surface area contributed by atoms with Gasteiger partial charge in [-0.15, -0.1) is 0 Å². The normalized spacial score (nSPS) is 28.4. The Balaban J connectivity index is 2.36. The molecule has 0 aromatic heterocycles. The minimum Gasteiger partial charge on any atom is -0.460 e. The molecule has 4 heteroatoms. The molecule has 0 aliphatic heterocycles. The van der Waals surface area contributed by atoms with Gasteiger partial charge in [-0.3, -0.25) is 4.79 Å². The summed E-state index contributed by atoms with van der Waals surface area (Å²) in [5, 5.41) is 17.9. The molecule has 0 aromatic carbocycles. The van der Waals surface area contributed by atoms with Crippen LogP contribution in [0.1, 0.15) is 27.2 Å². The molecule has 0 radical (unpaired) electrons. The van der Waals surface area contributed by atoms with Crippen LogP contribution < -0.4 is 0 Å². The van der Waals surface area contributed by atoms with Crippen molar-refractivity contribution in [2.75, 3.05) is 6.61 Å². The molecule has 0 heterocycles. The minimum absolute atomic E-state index is 0.116. The van der Waals surface area contributed by atoms with Crippen LogP contribution in [0.5, 0.6) is 0 Å². The monoisotopic (exact) mass is 202 g/mol. The molecule has 1 aliphatic carbocycles. The molecule has 0 saturated heterocycles. The van der Waals surface area contributed by atoms with Crippen LogP contribution in [0.15, 0.2) is 0 Å². The molecular formula is C10H18O4. The molecule has 0 spiro atoms. The lowest BCUT2D eigenvalue weighted by molar-refractivity contribution is -0.157. The van der Waals surface area contributed by atoms with Gasteiger partial charge in [0.05, 0.1) is 18.6 Å². The fraction of sp³-hybridized carbons (Fsp3) is 0.900. The molecular weight excluding hydrogens is 184 g/mol. The van der Waals surface area contributed by atoms with E-state index in [1.165, 1.54) is 0 Å². The number of hydrogen-bond donors (Lipinski definition) is 2. The first-order valence-corrected chi connectivity index (χ1v) is 4.87.